The van der Waals surface area contributed by atoms with Crippen LogP contribution in [0.2, 0.25) is 0 Å². The molecule has 1 aromatic heterocycles. The van der Waals surface area contributed by atoms with E-state index in [-0.39, 0.29) is 17.9 Å². The van der Waals surface area contributed by atoms with Gasteiger partial charge in [-0.15, -0.1) is 0 Å². The van der Waals surface area contributed by atoms with Crippen LogP contribution in [0.4, 0.5) is 0 Å². The highest BCUT2D eigenvalue weighted by Crippen LogP contribution is 2.25. The van der Waals surface area contributed by atoms with Gasteiger partial charge in [0.25, 0.3) is 5.91 Å². The molecule has 1 aliphatic rings. The van der Waals surface area contributed by atoms with Gasteiger partial charge in [-0.3, -0.25) is 14.3 Å². The van der Waals surface area contributed by atoms with E-state index in [2.05, 4.69) is 10.4 Å². The maximum atomic E-state index is 13.0. The van der Waals surface area contributed by atoms with E-state index in [0.29, 0.717) is 37.6 Å². The van der Waals surface area contributed by atoms with Crippen molar-refractivity contribution in [1.82, 2.24) is 20.0 Å². The fourth-order valence-electron chi connectivity index (χ4n) is 3.25. The van der Waals surface area contributed by atoms with Gasteiger partial charge in [0.2, 0.25) is 5.91 Å². The number of carbonyl (C=O) groups excluding carboxylic acids is 2. The Balaban J connectivity index is 1.76. The van der Waals surface area contributed by atoms with E-state index >= 15 is 0 Å². The number of aryl methyl sites for hydroxylation is 2. The molecule has 8 heteroatoms. The summed E-state index contributed by atoms with van der Waals surface area (Å²) in [6.07, 6.45) is 0.153. The number of amides is 2. The summed E-state index contributed by atoms with van der Waals surface area (Å²) in [5.74, 6) is 0.237. The van der Waals surface area contributed by atoms with Gasteiger partial charge in [0.1, 0.15) is 17.9 Å². The van der Waals surface area contributed by atoms with Crippen molar-refractivity contribution in [3.8, 4) is 5.75 Å². The van der Waals surface area contributed by atoms with Gasteiger partial charge in [0.15, 0.2) is 5.69 Å². The minimum atomic E-state index is -0.611. The Kier molecular flexibility index (Phi) is 6.30. The normalized spacial score (nSPS) is 18.9. The number of hydrogen-bond donors (Lipinski definition) is 1. The second-order valence-electron chi connectivity index (χ2n) is 6.84. The van der Waals surface area contributed by atoms with E-state index in [1.807, 2.05) is 37.3 Å². The molecule has 0 spiro atoms. The second kappa shape index (κ2) is 8.88. The standard InChI is InChI=1S/C20H26N4O4/c1-14-11-17(22-23(14)2)20(26)24-13-16(28-15-7-5-4-6-8-15)12-18(24)19(25)21-9-10-27-3/h4-8,11,16,18H,9-10,12-13H2,1-3H3,(H,21,25)/t16-,18-/m0/s1. The number of aromatic nitrogens is 2. The minimum Gasteiger partial charge on any atom is -0.488 e. The quantitative estimate of drug-likeness (QED) is 0.722. The summed E-state index contributed by atoms with van der Waals surface area (Å²) in [6, 6.07) is 10.5. The lowest BCUT2D eigenvalue weighted by molar-refractivity contribution is -0.125. The van der Waals surface area contributed by atoms with Crippen molar-refractivity contribution in [1.29, 1.82) is 0 Å². The minimum absolute atomic E-state index is 0.211. The Hall–Kier alpha value is -2.87. The lowest BCUT2D eigenvalue weighted by Gasteiger charge is -2.22. The predicted molar refractivity (Wildman–Crippen MR) is 103 cm³/mol. The molecule has 2 heterocycles. The van der Waals surface area contributed by atoms with E-state index in [1.165, 1.54) is 0 Å². The Bertz CT molecular complexity index is 801. The van der Waals surface area contributed by atoms with Crippen molar-refractivity contribution in [2.24, 2.45) is 7.05 Å². The first-order chi connectivity index (χ1) is 13.5. The molecule has 1 saturated heterocycles. The van der Waals surface area contributed by atoms with Crippen molar-refractivity contribution in [3.05, 3.63) is 47.8 Å². The first-order valence-corrected chi connectivity index (χ1v) is 9.29. The summed E-state index contributed by atoms with van der Waals surface area (Å²) in [5.41, 5.74) is 1.20. The summed E-state index contributed by atoms with van der Waals surface area (Å²) >= 11 is 0. The molecular weight excluding hydrogens is 360 g/mol. The van der Waals surface area contributed by atoms with Crippen LogP contribution in [0.25, 0.3) is 0 Å². The van der Waals surface area contributed by atoms with E-state index < -0.39 is 6.04 Å². The van der Waals surface area contributed by atoms with Gasteiger partial charge in [-0.1, -0.05) is 18.2 Å². The number of nitrogens with zero attached hydrogens (tertiary/aromatic N) is 3. The summed E-state index contributed by atoms with van der Waals surface area (Å²) < 4.78 is 12.6. The Morgan fingerprint density at radius 3 is 2.68 bits per heavy atom. The molecule has 8 nitrogen and oxygen atoms in total. The molecule has 2 amide bonds. The van der Waals surface area contributed by atoms with E-state index in [0.717, 1.165) is 5.69 Å². The van der Waals surface area contributed by atoms with Crippen LogP contribution in [-0.4, -0.2) is 65.4 Å². The summed E-state index contributed by atoms with van der Waals surface area (Å²) in [7, 11) is 3.36. The van der Waals surface area contributed by atoms with Crippen LogP contribution in [0.5, 0.6) is 5.75 Å². The third kappa shape index (κ3) is 4.51. The second-order valence-corrected chi connectivity index (χ2v) is 6.84. The fourth-order valence-corrected chi connectivity index (χ4v) is 3.25. The molecule has 0 bridgehead atoms. The van der Waals surface area contributed by atoms with E-state index in [1.54, 1.807) is 29.8 Å². The molecule has 0 saturated carbocycles. The average molecular weight is 386 g/mol. The fraction of sp³-hybridized carbons (Fsp3) is 0.450. The van der Waals surface area contributed by atoms with Crippen LogP contribution in [0.3, 0.4) is 0 Å². The zero-order valence-electron chi connectivity index (χ0n) is 16.4. The summed E-state index contributed by atoms with van der Waals surface area (Å²) in [6.45, 7) is 3.01. The van der Waals surface area contributed by atoms with Gasteiger partial charge < -0.3 is 19.7 Å². The van der Waals surface area contributed by atoms with Crippen LogP contribution in [0, 0.1) is 6.92 Å². The number of likely N-dealkylation sites (tertiary alicyclic amines) is 1. The average Bonchev–Trinajstić information content (AvgIpc) is 3.26. The Morgan fingerprint density at radius 1 is 1.29 bits per heavy atom. The number of rotatable bonds is 7. The van der Waals surface area contributed by atoms with E-state index in [9.17, 15) is 9.59 Å². The molecule has 1 aliphatic heterocycles. The van der Waals surface area contributed by atoms with Crippen LogP contribution in [0.1, 0.15) is 22.6 Å². The zero-order valence-corrected chi connectivity index (χ0v) is 16.4. The molecule has 2 aromatic rings. The summed E-state index contributed by atoms with van der Waals surface area (Å²) in [4.78, 5) is 27.3. The lowest BCUT2D eigenvalue weighted by atomic mass is 10.1. The van der Waals surface area contributed by atoms with Crippen LogP contribution < -0.4 is 10.1 Å². The maximum Gasteiger partial charge on any atom is 0.275 e. The third-order valence-corrected chi connectivity index (χ3v) is 4.81. The maximum absolute atomic E-state index is 13.0. The molecule has 1 N–H and O–H groups in total. The SMILES string of the molecule is COCCNC(=O)[C@@H]1C[C@H](Oc2ccccc2)CN1C(=O)c1cc(C)n(C)n1. The van der Waals surface area contributed by atoms with E-state index in [4.69, 9.17) is 9.47 Å². The number of carbonyl (C=O) groups is 2. The number of methoxy groups -OCH3 is 1. The smallest absolute Gasteiger partial charge is 0.275 e. The third-order valence-electron chi connectivity index (χ3n) is 4.81. The van der Waals surface area contributed by atoms with Crippen LogP contribution >= 0.6 is 0 Å². The van der Waals surface area contributed by atoms with Gasteiger partial charge >= 0.3 is 0 Å². The largest absolute Gasteiger partial charge is 0.488 e. The van der Waals surface area contributed by atoms with Crippen molar-refractivity contribution in [3.63, 3.8) is 0 Å². The molecule has 1 aromatic carbocycles. The molecule has 150 valence electrons. The lowest BCUT2D eigenvalue weighted by Crippen LogP contribution is -2.46. The molecular formula is C20H26N4O4. The van der Waals surface area contributed by atoms with Crippen molar-refractivity contribution >= 4 is 11.8 Å². The molecule has 1 fully saturated rings. The highest BCUT2D eigenvalue weighted by atomic mass is 16.5. The van der Waals surface area contributed by atoms with Gasteiger partial charge in [-0.2, -0.15) is 5.10 Å². The number of ether oxygens (including phenoxy) is 2. The number of benzene rings is 1. The van der Waals surface area contributed by atoms with Crippen molar-refractivity contribution < 1.29 is 19.1 Å². The van der Waals surface area contributed by atoms with Gasteiger partial charge in [-0.05, 0) is 25.1 Å². The molecule has 0 unspecified atom stereocenters. The predicted octanol–water partition coefficient (Wildman–Crippen LogP) is 1.15. The van der Waals surface area contributed by atoms with Gasteiger partial charge in [-0.25, -0.2) is 0 Å². The Labute approximate surface area is 164 Å². The number of nitrogens with one attached hydrogen (secondary N) is 1. The Morgan fingerprint density at radius 2 is 2.04 bits per heavy atom. The van der Waals surface area contributed by atoms with Crippen LogP contribution in [0.15, 0.2) is 36.4 Å². The highest BCUT2D eigenvalue weighted by molar-refractivity contribution is 5.96. The van der Waals surface area contributed by atoms with Gasteiger partial charge in [0.05, 0.1) is 13.2 Å². The van der Waals surface area contributed by atoms with Crippen molar-refractivity contribution in [2.45, 2.75) is 25.5 Å². The first-order valence-electron chi connectivity index (χ1n) is 9.29. The number of para-hydroxylation sites is 1. The first kappa shape index (κ1) is 19.9. The molecule has 0 aliphatic carbocycles. The van der Waals surface area contributed by atoms with Gasteiger partial charge in [0, 0.05) is 32.8 Å². The molecule has 0 radical (unpaired) electrons. The molecule has 3 rings (SSSR count). The summed E-state index contributed by atoms with van der Waals surface area (Å²) in [5, 5.41) is 7.09. The molecule has 2 atom stereocenters. The molecule has 28 heavy (non-hydrogen) atoms. The van der Waals surface area contributed by atoms with Crippen LogP contribution in [-0.2, 0) is 16.6 Å². The van der Waals surface area contributed by atoms with Crippen molar-refractivity contribution in [2.75, 3.05) is 26.8 Å². The topological polar surface area (TPSA) is 85.7 Å². The monoisotopic (exact) mass is 386 g/mol. The highest BCUT2D eigenvalue weighted by Gasteiger charge is 2.41. The zero-order chi connectivity index (χ0) is 20.1. The number of hydrogen-bond acceptors (Lipinski definition) is 5.